The van der Waals surface area contributed by atoms with Crippen LogP contribution in [-0.2, 0) is 16.0 Å². The van der Waals surface area contributed by atoms with E-state index in [0.717, 1.165) is 11.1 Å². The Morgan fingerprint density at radius 1 is 1.12 bits per heavy atom. The van der Waals surface area contributed by atoms with Crippen molar-refractivity contribution in [3.63, 3.8) is 0 Å². The molecule has 2 rings (SSSR count). The zero-order valence-corrected chi connectivity index (χ0v) is 13.7. The fourth-order valence-electron chi connectivity index (χ4n) is 2.62. The third-order valence-electron chi connectivity index (χ3n) is 3.96. The summed E-state index contributed by atoms with van der Waals surface area (Å²) >= 11 is 0. The minimum atomic E-state index is -1.08. The van der Waals surface area contributed by atoms with Gasteiger partial charge in [-0.2, -0.15) is 0 Å². The number of rotatable bonds is 6. The summed E-state index contributed by atoms with van der Waals surface area (Å²) < 4.78 is 13.2. The molecule has 2 aromatic rings. The minimum Gasteiger partial charge on any atom is -0.480 e. The van der Waals surface area contributed by atoms with Crippen molar-refractivity contribution >= 4 is 17.6 Å². The minimum absolute atomic E-state index is 0.0911. The van der Waals surface area contributed by atoms with Crippen LogP contribution in [0.5, 0.6) is 0 Å². The molecule has 24 heavy (non-hydrogen) atoms. The zero-order valence-electron chi connectivity index (χ0n) is 13.7. The van der Waals surface area contributed by atoms with Gasteiger partial charge in [-0.15, -0.1) is 0 Å². The highest BCUT2D eigenvalue weighted by molar-refractivity contribution is 6.00. The molecule has 1 N–H and O–H groups in total. The molecule has 0 aromatic heterocycles. The lowest BCUT2D eigenvalue weighted by molar-refractivity contribution is -0.140. The number of carbonyl (C=O) groups is 2. The second kappa shape index (κ2) is 7.73. The highest BCUT2D eigenvalue weighted by Crippen LogP contribution is 2.22. The molecule has 0 radical (unpaired) electrons. The van der Waals surface area contributed by atoms with Crippen molar-refractivity contribution in [1.82, 2.24) is 0 Å². The average molecular weight is 329 g/mol. The van der Waals surface area contributed by atoms with Crippen LogP contribution in [0.15, 0.2) is 48.5 Å². The average Bonchev–Trinajstić information content (AvgIpc) is 2.55. The smallest absolute Gasteiger partial charge is 0.326 e. The maximum Gasteiger partial charge on any atom is 0.326 e. The van der Waals surface area contributed by atoms with Gasteiger partial charge in [0.05, 0.1) is 6.42 Å². The number of carboxylic acids is 1. The lowest BCUT2D eigenvalue weighted by Gasteiger charge is -2.28. The number of benzene rings is 2. The molecular formula is C19H20FNO3. The van der Waals surface area contributed by atoms with Gasteiger partial charge in [0.15, 0.2) is 0 Å². The van der Waals surface area contributed by atoms with Gasteiger partial charge in [-0.1, -0.05) is 31.2 Å². The molecule has 1 atom stereocenters. The van der Waals surface area contributed by atoms with E-state index < -0.39 is 17.8 Å². The van der Waals surface area contributed by atoms with Crippen LogP contribution in [0.2, 0.25) is 0 Å². The van der Waals surface area contributed by atoms with Gasteiger partial charge in [0.25, 0.3) is 0 Å². The second-order valence-corrected chi connectivity index (χ2v) is 5.61. The Kier molecular flexibility index (Phi) is 5.68. The van der Waals surface area contributed by atoms with E-state index in [2.05, 4.69) is 0 Å². The van der Waals surface area contributed by atoms with Crippen LogP contribution in [-0.4, -0.2) is 23.0 Å². The summed E-state index contributed by atoms with van der Waals surface area (Å²) in [7, 11) is 0. The van der Waals surface area contributed by atoms with Crippen LogP contribution in [0.4, 0.5) is 10.1 Å². The number of nitrogens with zero attached hydrogens (tertiary/aromatic N) is 1. The van der Waals surface area contributed by atoms with Crippen LogP contribution in [0, 0.1) is 12.7 Å². The number of halogens is 1. The van der Waals surface area contributed by atoms with Gasteiger partial charge in [0, 0.05) is 5.69 Å². The zero-order chi connectivity index (χ0) is 17.7. The third kappa shape index (κ3) is 3.98. The van der Waals surface area contributed by atoms with E-state index in [9.17, 15) is 19.1 Å². The first-order valence-electron chi connectivity index (χ1n) is 7.79. The van der Waals surface area contributed by atoms with Crippen molar-refractivity contribution in [2.45, 2.75) is 32.7 Å². The highest BCUT2D eigenvalue weighted by atomic mass is 19.1. The van der Waals surface area contributed by atoms with E-state index in [0.29, 0.717) is 5.69 Å². The monoisotopic (exact) mass is 329 g/mol. The van der Waals surface area contributed by atoms with E-state index in [-0.39, 0.29) is 18.7 Å². The summed E-state index contributed by atoms with van der Waals surface area (Å²) in [6, 6.07) is 11.8. The third-order valence-corrected chi connectivity index (χ3v) is 3.96. The van der Waals surface area contributed by atoms with Gasteiger partial charge in [-0.25, -0.2) is 9.18 Å². The van der Waals surface area contributed by atoms with Gasteiger partial charge < -0.3 is 5.11 Å². The molecule has 0 aliphatic carbocycles. The standard InChI is InChI=1S/C19H20FNO3/c1-3-17(19(23)24)21(16-10-8-15(20)9-11-16)18(22)12-14-7-5-4-6-13(14)2/h4-11,17H,3,12H2,1-2H3,(H,23,24). The van der Waals surface area contributed by atoms with E-state index in [1.807, 2.05) is 31.2 Å². The number of hydrogen-bond donors (Lipinski definition) is 1. The number of hydrogen-bond acceptors (Lipinski definition) is 2. The maximum absolute atomic E-state index is 13.2. The Bertz CT molecular complexity index is 728. The summed E-state index contributed by atoms with van der Waals surface area (Å²) in [5, 5.41) is 9.46. The molecule has 0 aliphatic rings. The van der Waals surface area contributed by atoms with Crippen LogP contribution in [0.25, 0.3) is 0 Å². The van der Waals surface area contributed by atoms with Crippen LogP contribution in [0.1, 0.15) is 24.5 Å². The summed E-state index contributed by atoms with van der Waals surface area (Å²) in [4.78, 5) is 25.6. The van der Waals surface area contributed by atoms with Gasteiger partial charge in [0.1, 0.15) is 11.9 Å². The van der Waals surface area contributed by atoms with Crippen LogP contribution >= 0.6 is 0 Å². The van der Waals surface area contributed by atoms with E-state index in [1.54, 1.807) is 6.92 Å². The molecule has 126 valence electrons. The fourth-order valence-corrected chi connectivity index (χ4v) is 2.62. The van der Waals surface area contributed by atoms with Gasteiger partial charge >= 0.3 is 5.97 Å². The Balaban J connectivity index is 2.37. The molecule has 0 spiro atoms. The lowest BCUT2D eigenvalue weighted by atomic mass is 10.0. The topological polar surface area (TPSA) is 57.6 Å². The first-order valence-corrected chi connectivity index (χ1v) is 7.79. The Morgan fingerprint density at radius 2 is 1.75 bits per heavy atom. The molecule has 2 aromatic carbocycles. The largest absolute Gasteiger partial charge is 0.480 e. The molecule has 0 fully saturated rings. The quantitative estimate of drug-likeness (QED) is 0.881. The fraction of sp³-hybridized carbons (Fsp3) is 0.263. The van der Waals surface area contributed by atoms with Gasteiger partial charge in [-0.3, -0.25) is 9.69 Å². The lowest BCUT2D eigenvalue weighted by Crippen LogP contribution is -2.45. The van der Waals surface area contributed by atoms with Gasteiger partial charge in [0.2, 0.25) is 5.91 Å². The number of carbonyl (C=O) groups excluding carboxylic acids is 1. The van der Waals surface area contributed by atoms with E-state index in [1.165, 1.54) is 29.2 Å². The Morgan fingerprint density at radius 3 is 2.29 bits per heavy atom. The summed E-state index contributed by atoms with van der Waals surface area (Å²) in [5.41, 5.74) is 2.19. The van der Waals surface area contributed by atoms with Crippen molar-refractivity contribution < 1.29 is 19.1 Å². The predicted octanol–water partition coefficient (Wildman–Crippen LogP) is 3.57. The van der Waals surface area contributed by atoms with Crippen molar-refractivity contribution in [3.8, 4) is 0 Å². The molecule has 0 bridgehead atoms. The number of aliphatic carboxylic acids is 1. The summed E-state index contributed by atoms with van der Waals surface area (Å²) in [5.74, 6) is -1.85. The molecule has 4 nitrogen and oxygen atoms in total. The predicted molar refractivity (Wildman–Crippen MR) is 90.5 cm³/mol. The molecular weight excluding hydrogens is 309 g/mol. The molecule has 1 amide bonds. The number of carboxylic acid groups (broad SMARTS) is 1. The summed E-state index contributed by atoms with van der Waals surface area (Å²) in [6.45, 7) is 3.61. The first kappa shape index (κ1) is 17.7. The Hall–Kier alpha value is -2.69. The van der Waals surface area contributed by atoms with E-state index >= 15 is 0 Å². The van der Waals surface area contributed by atoms with Crippen molar-refractivity contribution in [2.75, 3.05) is 4.90 Å². The molecule has 0 aliphatic heterocycles. The van der Waals surface area contributed by atoms with Crippen molar-refractivity contribution in [1.29, 1.82) is 0 Å². The van der Waals surface area contributed by atoms with Crippen LogP contribution in [0.3, 0.4) is 0 Å². The molecule has 1 unspecified atom stereocenters. The van der Waals surface area contributed by atoms with Crippen molar-refractivity contribution in [3.05, 3.63) is 65.5 Å². The SMILES string of the molecule is CCC(C(=O)O)N(C(=O)Cc1ccccc1C)c1ccc(F)cc1. The normalized spacial score (nSPS) is 11.8. The molecule has 0 saturated carbocycles. The second-order valence-electron chi connectivity index (χ2n) is 5.61. The van der Waals surface area contributed by atoms with Crippen LogP contribution < -0.4 is 4.90 Å². The number of aryl methyl sites for hydroxylation is 1. The number of anilines is 1. The van der Waals surface area contributed by atoms with Gasteiger partial charge in [-0.05, 0) is 48.7 Å². The molecule has 0 heterocycles. The van der Waals surface area contributed by atoms with Crippen molar-refractivity contribution in [2.24, 2.45) is 0 Å². The van der Waals surface area contributed by atoms with E-state index in [4.69, 9.17) is 0 Å². The first-order chi connectivity index (χ1) is 11.4. The highest BCUT2D eigenvalue weighted by Gasteiger charge is 2.29. The Labute approximate surface area is 140 Å². The molecule has 5 heteroatoms. The molecule has 0 saturated heterocycles. The maximum atomic E-state index is 13.2. The summed E-state index contributed by atoms with van der Waals surface area (Å²) in [6.07, 6.45) is 0.347. The number of amides is 1.